The molecule has 0 aliphatic carbocycles. The second-order valence-corrected chi connectivity index (χ2v) is 11.3. The first-order valence-electron chi connectivity index (χ1n) is 5.94. The Balaban J connectivity index is 3.11. The van der Waals surface area contributed by atoms with Gasteiger partial charge in [-0.05, 0) is 32.0 Å². The molecular formula is C14H22O2Si. The van der Waals surface area contributed by atoms with Crippen LogP contribution in [0.3, 0.4) is 0 Å². The quantitative estimate of drug-likeness (QED) is 0.595. The Labute approximate surface area is 105 Å². The summed E-state index contributed by atoms with van der Waals surface area (Å²) in [5.74, 6) is -0.212. The fourth-order valence-electron chi connectivity index (χ4n) is 1.65. The van der Waals surface area contributed by atoms with Gasteiger partial charge in [-0.15, -0.1) is 0 Å². The van der Waals surface area contributed by atoms with Crippen LogP contribution in [-0.2, 0) is 4.74 Å². The molecule has 3 heteroatoms. The molecule has 0 aliphatic heterocycles. The zero-order valence-electron chi connectivity index (χ0n) is 11.6. The second-order valence-electron chi connectivity index (χ2n) is 6.30. The Morgan fingerprint density at radius 2 is 1.65 bits per heavy atom. The molecular weight excluding hydrogens is 228 g/mol. The number of carbonyl (C=O) groups is 1. The van der Waals surface area contributed by atoms with Crippen LogP contribution >= 0.6 is 0 Å². The molecule has 0 saturated heterocycles. The van der Waals surface area contributed by atoms with Gasteiger partial charge in [0.25, 0.3) is 0 Å². The number of esters is 1. The minimum Gasteiger partial charge on any atom is -0.456 e. The maximum atomic E-state index is 12.1. The van der Waals surface area contributed by atoms with Crippen LogP contribution in [0, 0.1) is 0 Å². The first-order chi connectivity index (χ1) is 7.61. The summed E-state index contributed by atoms with van der Waals surface area (Å²) < 4.78 is 5.44. The molecule has 0 spiro atoms. The molecule has 0 unspecified atom stereocenters. The summed E-state index contributed by atoms with van der Waals surface area (Å²) in [5.41, 5.74) is 0.283. The highest BCUT2D eigenvalue weighted by Crippen LogP contribution is 2.13. The van der Waals surface area contributed by atoms with Gasteiger partial charge in [0.1, 0.15) is 5.60 Å². The van der Waals surface area contributed by atoms with Crippen LogP contribution < -0.4 is 5.19 Å². The Hall–Kier alpha value is -1.09. The van der Waals surface area contributed by atoms with E-state index in [-0.39, 0.29) is 5.97 Å². The standard InChI is InChI=1S/C14H22O2Si/c1-14(2,3)16-13(15)11-9-7-8-10-12(11)17(4,5)6/h7-10H,1-6H3. The Morgan fingerprint density at radius 1 is 1.12 bits per heavy atom. The highest BCUT2D eigenvalue weighted by atomic mass is 28.3. The van der Waals surface area contributed by atoms with Crippen molar-refractivity contribution in [1.82, 2.24) is 0 Å². The van der Waals surface area contributed by atoms with Crippen molar-refractivity contribution in [2.45, 2.75) is 46.0 Å². The van der Waals surface area contributed by atoms with Gasteiger partial charge in [-0.2, -0.15) is 0 Å². The van der Waals surface area contributed by atoms with E-state index >= 15 is 0 Å². The summed E-state index contributed by atoms with van der Waals surface area (Å²) in [7, 11) is -1.52. The van der Waals surface area contributed by atoms with Gasteiger partial charge < -0.3 is 4.74 Å². The molecule has 94 valence electrons. The highest BCUT2D eigenvalue weighted by molar-refractivity contribution is 6.89. The Bertz CT molecular complexity index is 411. The second kappa shape index (κ2) is 4.65. The third-order valence-corrected chi connectivity index (χ3v) is 4.41. The molecule has 0 amide bonds. The first-order valence-corrected chi connectivity index (χ1v) is 9.44. The van der Waals surface area contributed by atoms with Crippen LogP contribution in [0.1, 0.15) is 31.1 Å². The van der Waals surface area contributed by atoms with Crippen LogP contribution in [0.25, 0.3) is 0 Å². The van der Waals surface area contributed by atoms with E-state index in [1.165, 1.54) is 0 Å². The van der Waals surface area contributed by atoms with Gasteiger partial charge in [-0.1, -0.05) is 37.8 Å². The molecule has 1 aromatic carbocycles. The van der Waals surface area contributed by atoms with Gasteiger partial charge in [0, 0.05) is 0 Å². The topological polar surface area (TPSA) is 26.3 Å². The van der Waals surface area contributed by atoms with Crippen LogP contribution in [0.4, 0.5) is 0 Å². The van der Waals surface area contributed by atoms with E-state index in [0.717, 1.165) is 10.8 Å². The lowest BCUT2D eigenvalue weighted by molar-refractivity contribution is 0.00710. The van der Waals surface area contributed by atoms with Crippen LogP contribution in [0.15, 0.2) is 24.3 Å². The normalized spacial score (nSPS) is 12.4. The number of ether oxygens (including phenoxy) is 1. The van der Waals surface area contributed by atoms with E-state index in [9.17, 15) is 4.79 Å². The third-order valence-electron chi connectivity index (χ3n) is 2.35. The predicted molar refractivity (Wildman–Crippen MR) is 74.6 cm³/mol. The molecule has 1 aromatic rings. The van der Waals surface area contributed by atoms with Gasteiger partial charge in [-0.3, -0.25) is 0 Å². The van der Waals surface area contributed by atoms with E-state index in [0.29, 0.717) is 0 Å². The van der Waals surface area contributed by atoms with Crippen molar-refractivity contribution >= 4 is 19.2 Å². The molecule has 0 heterocycles. The van der Waals surface area contributed by atoms with E-state index < -0.39 is 13.7 Å². The fourth-order valence-corrected chi connectivity index (χ4v) is 3.24. The molecule has 0 atom stereocenters. The minimum atomic E-state index is -1.52. The van der Waals surface area contributed by atoms with Crippen molar-refractivity contribution in [3.05, 3.63) is 29.8 Å². The summed E-state index contributed by atoms with van der Waals surface area (Å²) in [6, 6.07) is 7.79. The van der Waals surface area contributed by atoms with Crippen LogP contribution in [-0.4, -0.2) is 19.6 Å². The minimum absolute atomic E-state index is 0.212. The molecule has 2 nitrogen and oxygen atoms in total. The van der Waals surface area contributed by atoms with Crippen molar-refractivity contribution in [3.63, 3.8) is 0 Å². The lowest BCUT2D eigenvalue weighted by atomic mass is 10.1. The molecule has 0 aromatic heterocycles. The van der Waals surface area contributed by atoms with E-state index in [2.05, 4.69) is 19.6 Å². The maximum absolute atomic E-state index is 12.1. The zero-order valence-corrected chi connectivity index (χ0v) is 12.6. The number of benzene rings is 1. The monoisotopic (exact) mass is 250 g/mol. The van der Waals surface area contributed by atoms with Gasteiger partial charge >= 0.3 is 5.97 Å². The molecule has 1 rings (SSSR count). The Kier molecular flexibility index (Phi) is 3.82. The van der Waals surface area contributed by atoms with Gasteiger partial charge in [0.05, 0.1) is 13.6 Å². The van der Waals surface area contributed by atoms with Crippen LogP contribution in [0.5, 0.6) is 0 Å². The molecule has 17 heavy (non-hydrogen) atoms. The van der Waals surface area contributed by atoms with Crippen molar-refractivity contribution in [3.8, 4) is 0 Å². The number of hydrogen-bond donors (Lipinski definition) is 0. The summed E-state index contributed by atoms with van der Waals surface area (Å²) in [4.78, 5) is 12.1. The molecule has 0 radical (unpaired) electrons. The summed E-state index contributed by atoms with van der Waals surface area (Å²) in [5, 5.41) is 1.16. The molecule has 0 bridgehead atoms. The molecule has 0 fully saturated rings. The summed E-state index contributed by atoms with van der Waals surface area (Å²) in [6.45, 7) is 12.4. The third kappa shape index (κ3) is 4.00. The lowest BCUT2D eigenvalue weighted by Crippen LogP contribution is -2.42. The first kappa shape index (κ1) is 14.0. The van der Waals surface area contributed by atoms with Gasteiger partial charge in [0.2, 0.25) is 0 Å². The van der Waals surface area contributed by atoms with Gasteiger partial charge in [0.15, 0.2) is 0 Å². The average molecular weight is 250 g/mol. The SMILES string of the molecule is CC(C)(C)OC(=O)c1ccccc1[Si](C)(C)C. The fraction of sp³-hybridized carbons (Fsp3) is 0.500. The number of hydrogen-bond acceptors (Lipinski definition) is 2. The average Bonchev–Trinajstić information content (AvgIpc) is 2.13. The number of carbonyl (C=O) groups excluding carboxylic acids is 1. The van der Waals surface area contributed by atoms with Crippen molar-refractivity contribution in [1.29, 1.82) is 0 Å². The Morgan fingerprint density at radius 3 is 2.12 bits per heavy atom. The van der Waals surface area contributed by atoms with E-state index in [1.807, 2.05) is 45.0 Å². The van der Waals surface area contributed by atoms with E-state index in [1.54, 1.807) is 0 Å². The van der Waals surface area contributed by atoms with Crippen molar-refractivity contribution < 1.29 is 9.53 Å². The molecule has 0 saturated carbocycles. The zero-order chi connectivity index (χ0) is 13.3. The van der Waals surface area contributed by atoms with Crippen LogP contribution in [0.2, 0.25) is 19.6 Å². The highest BCUT2D eigenvalue weighted by Gasteiger charge is 2.26. The molecule has 0 N–H and O–H groups in total. The van der Waals surface area contributed by atoms with Crippen molar-refractivity contribution in [2.24, 2.45) is 0 Å². The smallest absolute Gasteiger partial charge is 0.338 e. The summed E-state index contributed by atoms with van der Waals surface area (Å²) >= 11 is 0. The maximum Gasteiger partial charge on any atom is 0.338 e. The van der Waals surface area contributed by atoms with Crippen molar-refractivity contribution in [2.75, 3.05) is 0 Å². The predicted octanol–water partition coefficient (Wildman–Crippen LogP) is 3.19. The summed E-state index contributed by atoms with van der Waals surface area (Å²) in [6.07, 6.45) is 0. The molecule has 0 aliphatic rings. The number of rotatable bonds is 2. The van der Waals surface area contributed by atoms with Gasteiger partial charge in [-0.25, -0.2) is 4.79 Å². The lowest BCUT2D eigenvalue weighted by Gasteiger charge is -2.24. The van der Waals surface area contributed by atoms with E-state index in [4.69, 9.17) is 4.74 Å². The largest absolute Gasteiger partial charge is 0.456 e.